The fourth-order valence-electron chi connectivity index (χ4n) is 3.06. The van der Waals surface area contributed by atoms with Gasteiger partial charge in [0.15, 0.2) is 6.61 Å². The number of hydrogen-bond acceptors (Lipinski definition) is 8. The Labute approximate surface area is 187 Å². The van der Waals surface area contributed by atoms with Crippen LogP contribution in [0.1, 0.15) is 29.2 Å². The summed E-state index contributed by atoms with van der Waals surface area (Å²) < 4.78 is 57.7. The maximum absolute atomic E-state index is 13.3. The van der Waals surface area contributed by atoms with Gasteiger partial charge >= 0.3 is 17.8 Å². The highest BCUT2D eigenvalue weighted by Gasteiger charge is 2.37. The molecule has 1 aromatic carbocycles. The Kier molecular flexibility index (Phi) is 6.74. The van der Waals surface area contributed by atoms with Crippen molar-refractivity contribution < 1.29 is 36.8 Å². The predicted octanol–water partition coefficient (Wildman–Crippen LogP) is 2.92. The van der Waals surface area contributed by atoms with Crippen LogP contribution >= 0.6 is 0 Å². The van der Waals surface area contributed by atoms with E-state index in [-0.39, 0.29) is 24.3 Å². The minimum Gasteiger partial charge on any atom is -0.456 e. The van der Waals surface area contributed by atoms with Gasteiger partial charge in [0.2, 0.25) is 5.82 Å². The molecule has 2 aromatic heterocycles. The molecular weight excluding hydrogens is 468 g/mol. The number of hydrogen-bond donors (Lipinski definition) is 1. The number of aromatic nitrogens is 4. The second kappa shape index (κ2) is 9.36. The summed E-state index contributed by atoms with van der Waals surface area (Å²) in [6.07, 6.45) is -4.91. The number of esters is 1. The summed E-state index contributed by atoms with van der Waals surface area (Å²) in [4.78, 5) is 41.1. The van der Waals surface area contributed by atoms with E-state index in [1.54, 1.807) is 6.92 Å². The van der Waals surface area contributed by atoms with Crippen molar-refractivity contribution in [1.29, 1.82) is 0 Å². The molecule has 0 spiro atoms. The van der Waals surface area contributed by atoms with E-state index in [0.29, 0.717) is 17.0 Å². The second-order valence-corrected chi connectivity index (χ2v) is 7.04. The first-order valence-corrected chi connectivity index (χ1v) is 9.56. The van der Waals surface area contributed by atoms with Gasteiger partial charge in [0, 0.05) is 29.6 Å². The summed E-state index contributed by atoms with van der Waals surface area (Å²) in [5.74, 6) is -4.24. The zero-order valence-electron chi connectivity index (χ0n) is 17.6. The summed E-state index contributed by atoms with van der Waals surface area (Å²) in [6.45, 7) is 2.34. The number of carbonyl (C=O) groups excluding carboxylic acids is 2. The van der Waals surface area contributed by atoms with Crippen LogP contribution in [0, 0.1) is 29.8 Å². The average Bonchev–Trinajstić information content (AvgIpc) is 3.18. The molecule has 3 rings (SSSR count). The smallest absolute Gasteiger partial charge is 0.453 e. The molecule has 11 nitrogen and oxygen atoms in total. The van der Waals surface area contributed by atoms with E-state index < -0.39 is 46.9 Å². The Balaban J connectivity index is 1.59. The number of nitrogens with zero attached hydrogens (tertiary/aromatic N) is 5. The van der Waals surface area contributed by atoms with E-state index in [1.165, 1.54) is 6.92 Å². The Morgan fingerprint density at radius 1 is 1.24 bits per heavy atom. The van der Waals surface area contributed by atoms with Crippen LogP contribution in [0.5, 0.6) is 0 Å². The molecule has 1 N–H and O–H groups in total. The van der Waals surface area contributed by atoms with E-state index >= 15 is 0 Å². The summed E-state index contributed by atoms with van der Waals surface area (Å²) in [6, 6.07) is 2.73. The molecule has 3 aromatic rings. The quantitative estimate of drug-likeness (QED) is 0.234. The van der Waals surface area contributed by atoms with Crippen molar-refractivity contribution in [3.8, 4) is 0 Å². The molecule has 0 saturated heterocycles. The van der Waals surface area contributed by atoms with Gasteiger partial charge in [-0.1, -0.05) is 0 Å². The second-order valence-electron chi connectivity index (χ2n) is 7.04. The molecule has 34 heavy (non-hydrogen) atoms. The Morgan fingerprint density at radius 3 is 2.59 bits per heavy atom. The Hall–Kier alpha value is -4.17. The monoisotopic (exact) mass is 484 g/mol. The molecule has 0 radical (unpaired) electrons. The fraction of sp³-hybridized carbons (Fsp3) is 0.316. The highest BCUT2D eigenvalue weighted by atomic mass is 19.4. The molecule has 0 aliphatic rings. The lowest BCUT2D eigenvalue weighted by Crippen LogP contribution is -2.21. The van der Waals surface area contributed by atoms with Crippen molar-refractivity contribution in [1.82, 2.24) is 19.6 Å². The molecule has 0 saturated carbocycles. The van der Waals surface area contributed by atoms with Gasteiger partial charge in [-0.25, -0.2) is 9.50 Å². The summed E-state index contributed by atoms with van der Waals surface area (Å²) in [5.41, 5.74) is 0.237. The lowest BCUT2D eigenvalue weighted by molar-refractivity contribution is -0.387. The lowest BCUT2D eigenvalue weighted by Gasteiger charge is -2.10. The van der Waals surface area contributed by atoms with Crippen molar-refractivity contribution >= 4 is 29.0 Å². The molecule has 2 heterocycles. The zero-order valence-corrected chi connectivity index (χ0v) is 17.6. The van der Waals surface area contributed by atoms with Crippen LogP contribution in [-0.2, 0) is 26.9 Å². The molecule has 0 aliphatic carbocycles. The van der Waals surface area contributed by atoms with Gasteiger partial charge in [0.25, 0.3) is 17.5 Å². The molecule has 15 heteroatoms. The highest BCUT2D eigenvalue weighted by molar-refractivity contribution is 5.93. The number of benzene rings is 1. The van der Waals surface area contributed by atoms with Gasteiger partial charge in [-0.15, -0.1) is 5.10 Å². The van der Waals surface area contributed by atoms with Crippen molar-refractivity contribution in [3.63, 3.8) is 0 Å². The van der Waals surface area contributed by atoms with Crippen LogP contribution in [0.4, 0.5) is 28.9 Å². The lowest BCUT2D eigenvalue weighted by atomic mass is 10.1. The molecule has 1 amide bonds. The third kappa shape index (κ3) is 5.41. The fourth-order valence-corrected chi connectivity index (χ4v) is 3.06. The zero-order chi connectivity index (χ0) is 25.2. The van der Waals surface area contributed by atoms with Gasteiger partial charge in [0.1, 0.15) is 0 Å². The van der Waals surface area contributed by atoms with Gasteiger partial charge in [0.05, 0.1) is 4.92 Å². The number of anilines is 1. The Morgan fingerprint density at radius 2 is 1.94 bits per heavy atom. The first kappa shape index (κ1) is 24.5. The highest BCUT2D eigenvalue weighted by Crippen LogP contribution is 2.27. The molecular formula is C19H16F4N6O5. The number of rotatable bonds is 7. The van der Waals surface area contributed by atoms with Gasteiger partial charge in [-0.2, -0.15) is 22.5 Å². The van der Waals surface area contributed by atoms with E-state index in [9.17, 15) is 37.3 Å². The number of halogens is 4. The first-order chi connectivity index (χ1) is 15.9. The standard InChI is InChI=1S/C19H16F4N6O5/c1-9-12(10(2)28-18(24-9)26-17(27-28)19(21,22)23)4-6-16(31)34-8-15(30)25-11-3-5-13(20)14(7-11)29(32)33/h3,5,7H,4,6,8H2,1-2H3,(H,25,30). The van der Waals surface area contributed by atoms with Crippen molar-refractivity contribution in [2.45, 2.75) is 32.9 Å². The SMILES string of the molecule is Cc1nc2nc(C(F)(F)F)nn2c(C)c1CCC(=O)OCC(=O)Nc1ccc(F)c([N+](=O)[O-])c1. The van der Waals surface area contributed by atoms with Crippen LogP contribution in [0.2, 0.25) is 0 Å². The van der Waals surface area contributed by atoms with Crippen LogP contribution < -0.4 is 5.32 Å². The van der Waals surface area contributed by atoms with E-state index in [1.807, 2.05) is 0 Å². The van der Waals surface area contributed by atoms with Gasteiger partial charge < -0.3 is 10.1 Å². The molecule has 0 aliphatic heterocycles. The normalized spacial score (nSPS) is 11.5. The third-order valence-electron chi connectivity index (χ3n) is 4.67. The van der Waals surface area contributed by atoms with Crippen molar-refractivity contribution in [3.05, 3.63) is 56.9 Å². The summed E-state index contributed by atoms with van der Waals surface area (Å²) in [7, 11) is 0. The Bertz CT molecular complexity index is 1290. The van der Waals surface area contributed by atoms with Crippen LogP contribution in [0.3, 0.4) is 0 Å². The predicted molar refractivity (Wildman–Crippen MR) is 106 cm³/mol. The summed E-state index contributed by atoms with van der Waals surface area (Å²) >= 11 is 0. The number of nitro groups is 1. The maximum atomic E-state index is 13.3. The van der Waals surface area contributed by atoms with E-state index in [4.69, 9.17) is 4.74 Å². The van der Waals surface area contributed by atoms with Crippen LogP contribution in [0.15, 0.2) is 18.2 Å². The van der Waals surface area contributed by atoms with E-state index in [0.717, 1.165) is 22.7 Å². The van der Waals surface area contributed by atoms with Gasteiger partial charge in [-0.05, 0) is 38.0 Å². The molecule has 0 bridgehead atoms. The largest absolute Gasteiger partial charge is 0.456 e. The topological polar surface area (TPSA) is 142 Å². The van der Waals surface area contributed by atoms with Crippen LogP contribution in [-0.4, -0.2) is 43.0 Å². The van der Waals surface area contributed by atoms with Crippen molar-refractivity contribution in [2.24, 2.45) is 0 Å². The number of nitrogens with one attached hydrogen (secondary N) is 1. The van der Waals surface area contributed by atoms with E-state index in [2.05, 4.69) is 20.4 Å². The number of fused-ring (bicyclic) bond motifs is 1. The average molecular weight is 484 g/mol. The van der Waals surface area contributed by atoms with Gasteiger partial charge in [-0.3, -0.25) is 19.7 Å². The molecule has 0 fully saturated rings. The number of alkyl halides is 3. The third-order valence-corrected chi connectivity index (χ3v) is 4.67. The maximum Gasteiger partial charge on any atom is 0.453 e. The van der Waals surface area contributed by atoms with Crippen LogP contribution in [0.25, 0.3) is 5.78 Å². The minimum atomic E-state index is -4.74. The number of aryl methyl sites for hydroxylation is 2. The number of amides is 1. The molecule has 0 atom stereocenters. The minimum absolute atomic E-state index is 0.0480. The molecule has 0 unspecified atom stereocenters. The number of carbonyl (C=O) groups is 2. The van der Waals surface area contributed by atoms with Crippen molar-refractivity contribution in [2.75, 3.05) is 11.9 Å². The summed E-state index contributed by atoms with van der Waals surface area (Å²) in [5, 5.41) is 16.4. The first-order valence-electron chi connectivity index (χ1n) is 9.56. The molecule has 180 valence electrons. The number of nitro benzene ring substituents is 1. The number of ether oxygens (including phenoxy) is 1.